The molecule has 0 unspecified atom stereocenters. The van der Waals surface area contributed by atoms with E-state index in [1.165, 1.54) is 19.3 Å². The Morgan fingerprint density at radius 3 is 2.29 bits per heavy atom. The first kappa shape index (κ1) is 29.6. The van der Waals surface area contributed by atoms with Crippen LogP contribution in [-0.2, 0) is 14.3 Å². The van der Waals surface area contributed by atoms with E-state index in [4.69, 9.17) is 4.74 Å². The molecule has 31 heavy (non-hydrogen) atoms. The van der Waals surface area contributed by atoms with Gasteiger partial charge in [0.15, 0.2) is 6.17 Å². The van der Waals surface area contributed by atoms with Crippen LogP contribution >= 0.6 is 0 Å². The zero-order chi connectivity index (χ0) is 23.3. The highest BCUT2D eigenvalue weighted by atomic mass is 16.5. The number of esters is 1. The molecule has 1 amide bonds. The number of hydrogen-bond donors (Lipinski definition) is 2. The highest BCUT2D eigenvalue weighted by Crippen LogP contribution is 2.10. The summed E-state index contributed by atoms with van der Waals surface area (Å²) in [4.78, 5) is 25.8. The van der Waals surface area contributed by atoms with Crippen molar-refractivity contribution in [3.63, 3.8) is 0 Å². The molecule has 0 spiro atoms. The summed E-state index contributed by atoms with van der Waals surface area (Å²) in [5.41, 5.74) is 0. The van der Waals surface area contributed by atoms with Gasteiger partial charge in [0.25, 0.3) is 0 Å². The van der Waals surface area contributed by atoms with E-state index in [0.29, 0.717) is 13.0 Å². The first-order chi connectivity index (χ1) is 14.9. The van der Waals surface area contributed by atoms with Crippen molar-refractivity contribution < 1.29 is 19.4 Å². The Labute approximate surface area is 190 Å². The fourth-order valence-electron chi connectivity index (χ4n) is 3.28. The van der Waals surface area contributed by atoms with E-state index < -0.39 is 12.1 Å². The van der Waals surface area contributed by atoms with Crippen LogP contribution in [0.4, 0.5) is 0 Å². The summed E-state index contributed by atoms with van der Waals surface area (Å²) in [6.45, 7) is 4.51. The van der Waals surface area contributed by atoms with Gasteiger partial charge in [-0.15, -0.1) is 0 Å². The first-order valence-corrected chi connectivity index (χ1v) is 12.4. The Bertz CT molecular complexity index is 480. The molecular weight excluding hydrogens is 392 g/mol. The van der Waals surface area contributed by atoms with Gasteiger partial charge in [-0.2, -0.15) is 0 Å². The van der Waals surface area contributed by atoms with Gasteiger partial charge in [0, 0.05) is 6.42 Å². The molecule has 0 aliphatic heterocycles. The highest BCUT2D eigenvalue weighted by molar-refractivity contribution is 5.84. The molecule has 0 saturated carbocycles. The largest absolute Gasteiger partial charge is 0.463 e. The van der Waals surface area contributed by atoms with Crippen molar-refractivity contribution in [2.45, 2.75) is 116 Å². The second-order valence-electron chi connectivity index (χ2n) is 8.62. The average molecular weight is 441 g/mol. The number of unbranched alkanes of at least 4 members (excludes halogenated alkanes) is 8. The lowest BCUT2D eigenvalue weighted by Crippen LogP contribution is -2.50. The van der Waals surface area contributed by atoms with Crippen molar-refractivity contribution in [1.82, 2.24) is 10.2 Å². The number of aliphatic hydroxyl groups is 1. The third kappa shape index (κ3) is 17.9. The van der Waals surface area contributed by atoms with E-state index in [2.05, 4.69) is 24.4 Å². The van der Waals surface area contributed by atoms with E-state index in [1.54, 1.807) is 19.0 Å². The minimum Gasteiger partial charge on any atom is -0.463 e. The Morgan fingerprint density at radius 1 is 0.935 bits per heavy atom. The maximum absolute atomic E-state index is 12.1. The standard InChI is InChI=1S/C25H48N2O4/c1-5-7-8-15-18-22(28)19-16-13-11-9-10-12-14-17-20-23(29)26-24(27(3)4)25(30)31-21-6-2/h13,16,22,24,28H,5-12,14-15,17-21H2,1-4H3,(H,26,29)/b16-13-/t22-,24-/m1/s1. The molecule has 0 bridgehead atoms. The highest BCUT2D eigenvalue weighted by Gasteiger charge is 2.23. The lowest BCUT2D eigenvalue weighted by molar-refractivity contribution is -0.152. The second kappa shape index (κ2) is 20.5. The first-order valence-electron chi connectivity index (χ1n) is 12.4. The summed E-state index contributed by atoms with van der Waals surface area (Å²) in [5.74, 6) is -0.513. The number of aliphatic hydroxyl groups excluding tert-OH is 1. The molecule has 0 heterocycles. The van der Waals surface area contributed by atoms with Crippen molar-refractivity contribution in [2.75, 3.05) is 20.7 Å². The van der Waals surface area contributed by atoms with Crippen LogP contribution in [-0.4, -0.2) is 54.9 Å². The number of rotatable bonds is 20. The Kier molecular flexibility index (Phi) is 19.6. The Morgan fingerprint density at radius 2 is 1.61 bits per heavy atom. The molecular formula is C25H48N2O4. The molecule has 0 aliphatic carbocycles. The van der Waals surface area contributed by atoms with Gasteiger partial charge in [-0.1, -0.05) is 70.9 Å². The van der Waals surface area contributed by atoms with Gasteiger partial charge in [0.2, 0.25) is 5.91 Å². The van der Waals surface area contributed by atoms with Crippen molar-refractivity contribution in [3.05, 3.63) is 12.2 Å². The monoisotopic (exact) mass is 440 g/mol. The zero-order valence-electron chi connectivity index (χ0n) is 20.5. The predicted octanol–water partition coefficient (Wildman–Crippen LogP) is 4.95. The molecule has 6 heteroatoms. The van der Waals surface area contributed by atoms with Crippen LogP contribution in [0.25, 0.3) is 0 Å². The van der Waals surface area contributed by atoms with Gasteiger partial charge in [-0.05, 0) is 52.6 Å². The van der Waals surface area contributed by atoms with Gasteiger partial charge >= 0.3 is 5.97 Å². The molecule has 0 saturated heterocycles. The van der Waals surface area contributed by atoms with Crippen LogP contribution in [0.5, 0.6) is 0 Å². The molecule has 0 aliphatic rings. The summed E-state index contributed by atoms with van der Waals surface area (Å²) >= 11 is 0. The topological polar surface area (TPSA) is 78.9 Å². The molecule has 2 atom stereocenters. The molecule has 0 rings (SSSR count). The van der Waals surface area contributed by atoms with Crippen molar-refractivity contribution in [3.8, 4) is 0 Å². The number of likely N-dealkylation sites (N-methyl/N-ethyl adjacent to an activating group) is 1. The predicted molar refractivity (Wildman–Crippen MR) is 128 cm³/mol. The lowest BCUT2D eigenvalue weighted by Gasteiger charge is -2.23. The number of ether oxygens (including phenoxy) is 1. The number of allylic oxidation sites excluding steroid dienone is 1. The third-order valence-electron chi connectivity index (χ3n) is 5.23. The number of hydrogen-bond acceptors (Lipinski definition) is 5. The number of nitrogens with zero attached hydrogens (tertiary/aromatic N) is 1. The summed E-state index contributed by atoms with van der Waals surface area (Å²) in [6.07, 6.45) is 17.4. The molecule has 0 aromatic carbocycles. The lowest BCUT2D eigenvalue weighted by atomic mass is 10.1. The quantitative estimate of drug-likeness (QED) is 0.121. The van der Waals surface area contributed by atoms with E-state index in [9.17, 15) is 14.7 Å². The zero-order valence-corrected chi connectivity index (χ0v) is 20.5. The van der Waals surface area contributed by atoms with Crippen molar-refractivity contribution in [1.29, 1.82) is 0 Å². The van der Waals surface area contributed by atoms with Crippen LogP contribution in [0.3, 0.4) is 0 Å². The van der Waals surface area contributed by atoms with Gasteiger partial charge in [-0.25, -0.2) is 4.79 Å². The van der Waals surface area contributed by atoms with Crippen LogP contribution in [0.2, 0.25) is 0 Å². The van der Waals surface area contributed by atoms with E-state index in [1.807, 2.05) is 6.92 Å². The van der Waals surface area contributed by atoms with Crippen LogP contribution in [0.1, 0.15) is 104 Å². The van der Waals surface area contributed by atoms with Gasteiger partial charge in [0.05, 0.1) is 12.7 Å². The van der Waals surface area contributed by atoms with Crippen LogP contribution in [0.15, 0.2) is 12.2 Å². The summed E-state index contributed by atoms with van der Waals surface area (Å²) in [6, 6.07) is 0. The number of carbonyl (C=O) groups is 2. The van der Waals surface area contributed by atoms with Crippen molar-refractivity contribution >= 4 is 11.9 Å². The fraction of sp³-hybridized carbons (Fsp3) is 0.840. The van der Waals surface area contributed by atoms with Gasteiger partial charge in [0.1, 0.15) is 0 Å². The summed E-state index contributed by atoms with van der Waals surface area (Å²) in [5, 5.41) is 12.7. The number of nitrogens with one attached hydrogen (secondary N) is 1. The van der Waals surface area contributed by atoms with E-state index in [0.717, 1.165) is 64.2 Å². The summed E-state index contributed by atoms with van der Waals surface area (Å²) < 4.78 is 5.14. The third-order valence-corrected chi connectivity index (χ3v) is 5.23. The van der Waals surface area contributed by atoms with E-state index >= 15 is 0 Å². The molecule has 0 radical (unpaired) electrons. The average Bonchev–Trinajstić information content (AvgIpc) is 2.74. The maximum atomic E-state index is 12.1. The molecule has 6 nitrogen and oxygen atoms in total. The van der Waals surface area contributed by atoms with Crippen LogP contribution < -0.4 is 5.32 Å². The van der Waals surface area contributed by atoms with Gasteiger partial charge < -0.3 is 15.2 Å². The maximum Gasteiger partial charge on any atom is 0.344 e. The smallest absolute Gasteiger partial charge is 0.344 e. The minimum absolute atomic E-state index is 0.108. The van der Waals surface area contributed by atoms with Crippen molar-refractivity contribution in [2.24, 2.45) is 0 Å². The SMILES string of the molecule is CCCCCC[C@@H](O)C/C=C\CCCCCCCC(=O)N[C@@H](C(=O)OCCC)N(C)C. The van der Waals surface area contributed by atoms with Gasteiger partial charge in [-0.3, -0.25) is 9.69 Å². The second-order valence-corrected chi connectivity index (χ2v) is 8.62. The Hall–Kier alpha value is -1.40. The summed E-state index contributed by atoms with van der Waals surface area (Å²) in [7, 11) is 3.50. The number of amides is 1. The minimum atomic E-state index is -0.722. The number of carbonyl (C=O) groups excluding carboxylic acids is 2. The van der Waals surface area contributed by atoms with Crippen LogP contribution in [0, 0.1) is 0 Å². The normalized spacial score (nSPS) is 13.5. The molecule has 0 fully saturated rings. The molecule has 2 N–H and O–H groups in total. The molecule has 0 aromatic heterocycles. The fourth-order valence-corrected chi connectivity index (χ4v) is 3.28. The Balaban J connectivity index is 3.72. The van der Waals surface area contributed by atoms with E-state index in [-0.39, 0.29) is 12.0 Å². The molecule has 182 valence electrons. The molecule has 0 aromatic rings.